The lowest BCUT2D eigenvalue weighted by Crippen LogP contribution is -2.44. The predicted molar refractivity (Wildman–Crippen MR) is 129 cm³/mol. The van der Waals surface area contributed by atoms with Crippen LogP contribution in [0.25, 0.3) is 0 Å². The number of carbonyl (C=O) groups excluding carboxylic acids is 2. The van der Waals surface area contributed by atoms with E-state index < -0.39 is 27.9 Å². The number of halogens is 1. The number of rotatable bonds is 10. The lowest BCUT2D eigenvalue weighted by Gasteiger charge is -2.22. The molecule has 1 fully saturated rings. The molecular weight excluding hydrogens is 498 g/mol. The van der Waals surface area contributed by atoms with E-state index in [-0.39, 0.29) is 24.7 Å². The first-order chi connectivity index (χ1) is 16.8. The average Bonchev–Trinajstić information content (AvgIpc) is 3.35. The van der Waals surface area contributed by atoms with Gasteiger partial charge in [0.25, 0.3) is 5.91 Å². The van der Waals surface area contributed by atoms with Gasteiger partial charge in [0, 0.05) is 11.6 Å². The van der Waals surface area contributed by atoms with Crippen molar-refractivity contribution in [3.05, 3.63) is 53.1 Å². The van der Waals surface area contributed by atoms with Gasteiger partial charge in [0.15, 0.2) is 18.1 Å². The molecule has 188 valence electrons. The Hall–Kier alpha value is -3.15. The van der Waals surface area contributed by atoms with E-state index in [4.69, 9.17) is 25.8 Å². The number of carbonyl (C=O) groups is 2. The first-order valence-corrected chi connectivity index (χ1v) is 12.6. The topological polar surface area (TPSA) is 124 Å². The highest BCUT2D eigenvalue weighted by Gasteiger charge is 2.39. The molecule has 1 aliphatic heterocycles. The van der Waals surface area contributed by atoms with Crippen molar-refractivity contribution >= 4 is 39.7 Å². The maximum atomic E-state index is 13.0. The van der Waals surface area contributed by atoms with Crippen molar-refractivity contribution in [3.8, 4) is 11.5 Å². The summed E-state index contributed by atoms with van der Waals surface area (Å²) in [5, 5.41) is 4.38. The summed E-state index contributed by atoms with van der Waals surface area (Å²) in [5.41, 5.74) is 3.00. The van der Waals surface area contributed by atoms with Crippen LogP contribution in [-0.4, -0.2) is 63.7 Å². The highest BCUT2D eigenvalue weighted by Crippen LogP contribution is 2.28. The zero-order valence-electron chi connectivity index (χ0n) is 19.3. The molecule has 0 bridgehead atoms. The fraction of sp³-hybridized carbons (Fsp3) is 0.348. The Labute approximate surface area is 208 Å². The van der Waals surface area contributed by atoms with Gasteiger partial charge < -0.3 is 14.2 Å². The van der Waals surface area contributed by atoms with Gasteiger partial charge in [-0.25, -0.2) is 18.6 Å². The molecule has 0 unspecified atom stereocenters. The Morgan fingerprint density at radius 2 is 1.94 bits per heavy atom. The number of sulfonamides is 1. The van der Waals surface area contributed by atoms with Crippen LogP contribution in [0.4, 0.5) is 0 Å². The minimum atomic E-state index is -3.86. The highest BCUT2D eigenvalue weighted by atomic mass is 35.5. The number of ether oxygens (including phenoxy) is 3. The van der Waals surface area contributed by atoms with Crippen molar-refractivity contribution in [2.75, 3.05) is 26.9 Å². The molecule has 1 heterocycles. The standard InChI is InChI=1S/C23H26ClN3O7S/c1-3-33-22(28)15-34-20-11-6-16(13-21(20)32-2)14-25-26-23(29)19-5-4-12-27(19)35(30,31)18-9-7-17(24)8-10-18/h6-11,13-14,19H,3-5,12,15H2,1-2H3,(H,26,29)/b25-14-/t19-/m1/s1. The summed E-state index contributed by atoms with van der Waals surface area (Å²) in [7, 11) is -2.41. The number of nitrogens with one attached hydrogen (secondary N) is 1. The van der Waals surface area contributed by atoms with Crippen LogP contribution in [0.15, 0.2) is 52.5 Å². The largest absolute Gasteiger partial charge is 0.493 e. The minimum absolute atomic E-state index is 0.0717. The zero-order valence-corrected chi connectivity index (χ0v) is 20.8. The molecule has 0 aliphatic carbocycles. The predicted octanol–water partition coefficient (Wildman–Crippen LogP) is 2.59. The van der Waals surface area contributed by atoms with E-state index in [0.29, 0.717) is 34.9 Å². The SMILES string of the molecule is CCOC(=O)COc1ccc(/C=N\NC(=O)[C@H]2CCCN2S(=O)(=O)c2ccc(Cl)cc2)cc1OC. The fourth-order valence-corrected chi connectivity index (χ4v) is 5.28. The van der Waals surface area contributed by atoms with Gasteiger partial charge in [0.05, 0.1) is 24.8 Å². The van der Waals surface area contributed by atoms with Crippen LogP contribution in [0.5, 0.6) is 11.5 Å². The Bertz CT molecular complexity index is 1190. The van der Waals surface area contributed by atoms with Gasteiger partial charge in [-0.15, -0.1) is 0 Å². The summed E-state index contributed by atoms with van der Waals surface area (Å²) in [6, 6.07) is 9.80. The third-order valence-corrected chi connectivity index (χ3v) is 7.33. The molecule has 0 aromatic heterocycles. The van der Waals surface area contributed by atoms with Gasteiger partial charge >= 0.3 is 5.97 Å². The lowest BCUT2D eigenvalue weighted by molar-refractivity contribution is -0.145. The van der Waals surface area contributed by atoms with Crippen molar-refractivity contribution in [1.29, 1.82) is 0 Å². The van der Waals surface area contributed by atoms with Crippen molar-refractivity contribution in [3.63, 3.8) is 0 Å². The summed E-state index contributed by atoms with van der Waals surface area (Å²) < 4.78 is 42.7. The van der Waals surface area contributed by atoms with Gasteiger partial charge in [-0.1, -0.05) is 11.6 Å². The number of esters is 1. The van der Waals surface area contributed by atoms with Crippen LogP contribution in [0.2, 0.25) is 5.02 Å². The third-order valence-electron chi connectivity index (χ3n) is 5.15. The molecule has 1 atom stereocenters. The summed E-state index contributed by atoms with van der Waals surface area (Å²) in [4.78, 5) is 24.3. The zero-order chi connectivity index (χ0) is 25.4. The summed E-state index contributed by atoms with van der Waals surface area (Å²) in [6.07, 6.45) is 2.33. The Morgan fingerprint density at radius 1 is 1.20 bits per heavy atom. The normalized spacial score (nSPS) is 16.3. The Balaban J connectivity index is 1.64. The van der Waals surface area contributed by atoms with E-state index >= 15 is 0 Å². The van der Waals surface area contributed by atoms with Crippen molar-refractivity contribution in [1.82, 2.24) is 9.73 Å². The van der Waals surface area contributed by atoms with Crippen molar-refractivity contribution in [2.45, 2.75) is 30.7 Å². The number of hydrogen-bond donors (Lipinski definition) is 1. The average molecular weight is 524 g/mol. The van der Waals surface area contributed by atoms with Crippen LogP contribution < -0.4 is 14.9 Å². The highest BCUT2D eigenvalue weighted by molar-refractivity contribution is 7.89. The van der Waals surface area contributed by atoms with Gasteiger partial charge in [-0.3, -0.25) is 4.79 Å². The molecule has 12 heteroatoms. The number of methoxy groups -OCH3 is 1. The van der Waals surface area contributed by atoms with E-state index in [1.165, 1.54) is 41.9 Å². The maximum Gasteiger partial charge on any atom is 0.344 e. The van der Waals surface area contributed by atoms with E-state index in [0.717, 1.165) is 0 Å². The monoisotopic (exact) mass is 523 g/mol. The quantitative estimate of drug-likeness (QED) is 0.288. The molecule has 1 saturated heterocycles. The molecule has 0 saturated carbocycles. The van der Waals surface area contributed by atoms with Gasteiger partial charge in [0.2, 0.25) is 10.0 Å². The number of benzene rings is 2. The Kier molecular flexibility index (Phi) is 9.07. The van der Waals surface area contributed by atoms with Crippen LogP contribution in [0, 0.1) is 0 Å². The molecule has 1 N–H and O–H groups in total. The molecule has 3 rings (SSSR count). The molecule has 0 radical (unpaired) electrons. The minimum Gasteiger partial charge on any atom is -0.493 e. The molecule has 10 nitrogen and oxygen atoms in total. The first kappa shape index (κ1) is 26.5. The van der Waals surface area contributed by atoms with E-state index in [1.807, 2.05) is 0 Å². The first-order valence-electron chi connectivity index (χ1n) is 10.8. The van der Waals surface area contributed by atoms with Crippen LogP contribution >= 0.6 is 11.6 Å². The van der Waals surface area contributed by atoms with Gasteiger partial charge in [-0.05, 0) is 67.8 Å². The molecule has 1 amide bonds. The molecule has 2 aromatic rings. The second kappa shape index (κ2) is 12.0. The van der Waals surface area contributed by atoms with E-state index in [1.54, 1.807) is 25.1 Å². The molecule has 2 aromatic carbocycles. The summed E-state index contributed by atoms with van der Waals surface area (Å²) in [6.45, 7) is 1.93. The lowest BCUT2D eigenvalue weighted by atomic mass is 10.2. The Morgan fingerprint density at radius 3 is 2.63 bits per heavy atom. The van der Waals surface area contributed by atoms with E-state index in [9.17, 15) is 18.0 Å². The van der Waals surface area contributed by atoms with Crippen LogP contribution in [0.1, 0.15) is 25.3 Å². The molecule has 0 spiro atoms. The van der Waals surface area contributed by atoms with Crippen molar-refractivity contribution in [2.24, 2.45) is 5.10 Å². The molecule has 1 aliphatic rings. The van der Waals surface area contributed by atoms with Crippen LogP contribution in [-0.2, 0) is 24.3 Å². The molecule has 35 heavy (non-hydrogen) atoms. The summed E-state index contributed by atoms with van der Waals surface area (Å²) >= 11 is 5.85. The number of amides is 1. The van der Waals surface area contributed by atoms with Gasteiger partial charge in [-0.2, -0.15) is 9.41 Å². The maximum absolute atomic E-state index is 13.0. The third kappa shape index (κ3) is 6.71. The smallest absolute Gasteiger partial charge is 0.344 e. The summed E-state index contributed by atoms with van der Waals surface area (Å²) in [5.74, 6) is -0.323. The number of hydrogen-bond acceptors (Lipinski definition) is 8. The van der Waals surface area contributed by atoms with Gasteiger partial charge in [0.1, 0.15) is 6.04 Å². The van der Waals surface area contributed by atoms with Crippen LogP contribution in [0.3, 0.4) is 0 Å². The molecular formula is C23H26ClN3O7S. The van der Waals surface area contributed by atoms with E-state index in [2.05, 4.69) is 10.5 Å². The fourth-order valence-electron chi connectivity index (χ4n) is 3.50. The second-order valence-corrected chi connectivity index (χ2v) is 9.79. The second-order valence-electron chi connectivity index (χ2n) is 7.47. The number of hydrazone groups is 1. The van der Waals surface area contributed by atoms with Crippen molar-refractivity contribution < 1.29 is 32.2 Å². The number of nitrogens with zero attached hydrogens (tertiary/aromatic N) is 2.